The Balaban J connectivity index is 2.00. The highest BCUT2D eigenvalue weighted by Gasteiger charge is 2.18. The van der Waals surface area contributed by atoms with Gasteiger partial charge in [-0.3, -0.25) is 4.79 Å². The molecule has 1 aromatic heterocycles. The summed E-state index contributed by atoms with van der Waals surface area (Å²) in [4.78, 5) is 12.4. The zero-order valence-electron chi connectivity index (χ0n) is 10.7. The van der Waals surface area contributed by atoms with Crippen LogP contribution in [0, 0.1) is 13.8 Å². The normalized spacial score (nSPS) is 13.7. The number of ketones is 1. The van der Waals surface area contributed by atoms with Crippen molar-refractivity contribution in [3.8, 4) is 0 Å². The smallest absolute Gasteiger partial charge is 0.196 e. The second-order valence-electron chi connectivity index (χ2n) is 4.99. The minimum absolute atomic E-state index is 0.0686. The fraction of sp³-hybridized carbons (Fsp3) is 0.312. The summed E-state index contributed by atoms with van der Waals surface area (Å²) in [5.74, 6) is 1.56. The predicted molar refractivity (Wildman–Crippen MR) is 70.1 cm³/mol. The molecule has 92 valence electrons. The van der Waals surface area contributed by atoms with Gasteiger partial charge in [0.15, 0.2) is 5.78 Å². The van der Waals surface area contributed by atoms with Crippen molar-refractivity contribution in [2.24, 2.45) is 0 Å². The van der Waals surface area contributed by atoms with Crippen molar-refractivity contribution in [2.75, 3.05) is 0 Å². The molecule has 2 nitrogen and oxygen atoms in total. The Bertz CT molecular complexity index is 620. The van der Waals surface area contributed by atoms with E-state index in [1.54, 1.807) is 0 Å². The quantitative estimate of drug-likeness (QED) is 0.750. The second kappa shape index (κ2) is 4.13. The highest BCUT2D eigenvalue weighted by Crippen LogP contribution is 2.25. The molecule has 1 aromatic carbocycles. The van der Waals surface area contributed by atoms with Gasteiger partial charge in [-0.2, -0.15) is 0 Å². The molecule has 0 atom stereocenters. The lowest BCUT2D eigenvalue weighted by Gasteiger charge is -2.03. The first-order chi connectivity index (χ1) is 8.65. The van der Waals surface area contributed by atoms with Crippen molar-refractivity contribution in [3.63, 3.8) is 0 Å². The molecule has 2 heteroatoms. The van der Waals surface area contributed by atoms with Gasteiger partial charge in [0.05, 0.1) is 5.56 Å². The third-order valence-electron chi connectivity index (χ3n) is 3.65. The monoisotopic (exact) mass is 240 g/mol. The van der Waals surface area contributed by atoms with Crippen LogP contribution >= 0.6 is 0 Å². The van der Waals surface area contributed by atoms with Gasteiger partial charge < -0.3 is 4.42 Å². The van der Waals surface area contributed by atoms with Crippen LogP contribution in [-0.4, -0.2) is 5.78 Å². The number of hydrogen-bond donors (Lipinski definition) is 0. The van der Waals surface area contributed by atoms with E-state index >= 15 is 0 Å². The fourth-order valence-electron chi connectivity index (χ4n) is 2.72. The zero-order chi connectivity index (χ0) is 12.7. The third-order valence-corrected chi connectivity index (χ3v) is 3.65. The van der Waals surface area contributed by atoms with Gasteiger partial charge in [-0.1, -0.05) is 12.1 Å². The van der Waals surface area contributed by atoms with Crippen molar-refractivity contribution in [1.29, 1.82) is 0 Å². The largest absolute Gasteiger partial charge is 0.466 e. The van der Waals surface area contributed by atoms with Gasteiger partial charge in [0, 0.05) is 5.56 Å². The summed E-state index contributed by atoms with van der Waals surface area (Å²) in [5.41, 5.74) is 4.19. The molecule has 0 saturated heterocycles. The number of furan rings is 1. The first kappa shape index (κ1) is 11.3. The topological polar surface area (TPSA) is 30.2 Å². The summed E-state index contributed by atoms with van der Waals surface area (Å²) in [6.07, 6.45) is 3.45. The van der Waals surface area contributed by atoms with Gasteiger partial charge in [0.1, 0.15) is 11.5 Å². The molecular weight excluding hydrogens is 224 g/mol. The maximum Gasteiger partial charge on any atom is 0.196 e. The Morgan fingerprint density at radius 3 is 2.61 bits per heavy atom. The molecule has 0 fully saturated rings. The fourth-order valence-corrected chi connectivity index (χ4v) is 2.72. The zero-order valence-corrected chi connectivity index (χ0v) is 10.7. The molecular formula is C16H16O2. The molecule has 0 unspecified atom stereocenters. The lowest BCUT2D eigenvalue weighted by molar-refractivity contribution is 0.103. The van der Waals surface area contributed by atoms with E-state index in [1.807, 2.05) is 32.0 Å². The van der Waals surface area contributed by atoms with Crippen LogP contribution in [0.1, 0.15) is 45.0 Å². The average Bonchev–Trinajstić information content (AvgIpc) is 2.93. The van der Waals surface area contributed by atoms with Crippen LogP contribution in [0.15, 0.2) is 28.7 Å². The molecule has 1 aliphatic rings. The Morgan fingerprint density at radius 1 is 1.11 bits per heavy atom. The van der Waals surface area contributed by atoms with E-state index in [2.05, 4.69) is 6.07 Å². The summed E-state index contributed by atoms with van der Waals surface area (Å²) in [5, 5.41) is 0. The molecule has 0 amide bonds. The summed E-state index contributed by atoms with van der Waals surface area (Å²) in [7, 11) is 0. The van der Waals surface area contributed by atoms with Crippen LogP contribution in [-0.2, 0) is 12.8 Å². The lowest BCUT2D eigenvalue weighted by Crippen LogP contribution is -2.02. The van der Waals surface area contributed by atoms with Crippen LogP contribution in [0.3, 0.4) is 0 Å². The van der Waals surface area contributed by atoms with Gasteiger partial charge in [-0.05, 0) is 56.4 Å². The van der Waals surface area contributed by atoms with Crippen molar-refractivity contribution < 1.29 is 9.21 Å². The number of carbonyl (C=O) groups is 1. The number of rotatable bonds is 2. The summed E-state index contributed by atoms with van der Waals surface area (Å²) in [6, 6.07) is 7.91. The SMILES string of the molecule is Cc1cc(C(=O)c2ccc3c(c2)CCC3)c(C)o1. The number of fused-ring (bicyclic) bond motifs is 1. The maximum absolute atomic E-state index is 12.4. The van der Waals surface area contributed by atoms with E-state index in [4.69, 9.17) is 4.42 Å². The highest BCUT2D eigenvalue weighted by atomic mass is 16.3. The summed E-state index contributed by atoms with van der Waals surface area (Å²) < 4.78 is 5.43. The third kappa shape index (κ3) is 1.78. The van der Waals surface area contributed by atoms with Crippen LogP contribution in [0.2, 0.25) is 0 Å². The first-order valence-electron chi connectivity index (χ1n) is 6.38. The highest BCUT2D eigenvalue weighted by molar-refractivity contribution is 6.09. The molecule has 1 heterocycles. The average molecular weight is 240 g/mol. The second-order valence-corrected chi connectivity index (χ2v) is 4.99. The standard InChI is InChI=1S/C16H16O2/c1-10-8-15(11(2)18-10)16(17)14-7-6-12-4-3-5-13(12)9-14/h6-9H,3-5H2,1-2H3. The van der Waals surface area contributed by atoms with Gasteiger partial charge in [0.25, 0.3) is 0 Å². The Hall–Kier alpha value is -1.83. The van der Waals surface area contributed by atoms with Crippen molar-refractivity contribution >= 4 is 5.78 Å². The molecule has 3 rings (SSSR count). The number of carbonyl (C=O) groups excluding carboxylic acids is 1. The predicted octanol–water partition coefficient (Wildman–Crippen LogP) is 3.62. The van der Waals surface area contributed by atoms with Crippen LogP contribution < -0.4 is 0 Å². The molecule has 2 aromatic rings. The van der Waals surface area contributed by atoms with Crippen LogP contribution in [0.5, 0.6) is 0 Å². The minimum atomic E-state index is 0.0686. The van der Waals surface area contributed by atoms with Gasteiger partial charge in [-0.15, -0.1) is 0 Å². The Labute approximate surface area is 107 Å². The van der Waals surface area contributed by atoms with E-state index in [0.717, 1.165) is 24.2 Å². The molecule has 0 bridgehead atoms. The molecule has 1 aliphatic carbocycles. The minimum Gasteiger partial charge on any atom is -0.466 e. The number of aryl methyl sites for hydroxylation is 4. The van der Waals surface area contributed by atoms with E-state index in [0.29, 0.717) is 11.3 Å². The molecule has 0 aliphatic heterocycles. The van der Waals surface area contributed by atoms with Crippen molar-refractivity contribution in [3.05, 3.63) is 58.0 Å². The first-order valence-corrected chi connectivity index (χ1v) is 6.38. The van der Waals surface area contributed by atoms with E-state index in [9.17, 15) is 4.79 Å². The molecule has 0 N–H and O–H groups in total. The van der Waals surface area contributed by atoms with Crippen LogP contribution in [0.25, 0.3) is 0 Å². The summed E-state index contributed by atoms with van der Waals surface area (Å²) in [6.45, 7) is 3.71. The Morgan fingerprint density at radius 2 is 1.89 bits per heavy atom. The molecule has 0 spiro atoms. The number of hydrogen-bond acceptors (Lipinski definition) is 2. The van der Waals surface area contributed by atoms with Crippen molar-refractivity contribution in [2.45, 2.75) is 33.1 Å². The van der Waals surface area contributed by atoms with Gasteiger partial charge >= 0.3 is 0 Å². The molecule has 0 saturated carbocycles. The van der Waals surface area contributed by atoms with E-state index in [-0.39, 0.29) is 5.78 Å². The van der Waals surface area contributed by atoms with Gasteiger partial charge in [-0.25, -0.2) is 0 Å². The maximum atomic E-state index is 12.4. The van der Waals surface area contributed by atoms with E-state index in [1.165, 1.54) is 17.5 Å². The Kier molecular flexibility index (Phi) is 2.58. The summed E-state index contributed by atoms with van der Waals surface area (Å²) >= 11 is 0. The van der Waals surface area contributed by atoms with Crippen LogP contribution in [0.4, 0.5) is 0 Å². The van der Waals surface area contributed by atoms with Crippen molar-refractivity contribution in [1.82, 2.24) is 0 Å². The number of benzene rings is 1. The molecule has 0 radical (unpaired) electrons. The molecule has 18 heavy (non-hydrogen) atoms. The lowest BCUT2D eigenvalue weighted by atomic mass is 9.99. The van der Waals surface area contributed by atoms with E-state index < -0.39 is 0 Å². The van der Waals surface area contributed by atoms with Gasteiger partial charge in [0.2, 0.25) is 0 Å².